The van der Waals surface area contributed by atoms with Gasteiger partial charge in [0.15, 0.2) is 5.58 Å². The summed E-state index contributed by atoms with van der Waals surface area (Å²) < 4.78 is 8.47. The van der Waals surface area contributed by atoms with Crippen LogP contribution in [0.4, 0.5) is 0 Å². The molecule has 11 rings (SSSR count). The lowest BCUT2D eigenvalue weighted by atomic mass is 9.89. The topological polar surface area (TPSA) is 31.0 Å². The molecule has 2 aromatic heterocycles. The summed E-state index contributed by atoms with van der Waals surface area (Å²) in [5.41, 5.74) is 18.0. The van der Waals surface area contributed by atoms with Crippen LogP contribution in [-0.2, 0) is 0 Å². The van der Waals surface area contributed by atoms with Crippen LogP contribution >= 0.6 is 0 Å². The second-order valence-electron chi connectivity index (χ2n) is 14.7. The number of oxazole rings is 1. The van der Waals surface area contributed by atoms with E-state index in [1.807, 2.05) is 24.3 Å². The summed E-state index contributed by atoms with van der Waals surface area (Å²) >= 11 is 0. The van der Waals surface area contributed by atoms with Gasteiger partial charge in [-0.15, -0.1) is 0 Å². The minimum absolute atomic E-state index is 0.628. The maximum absolute atomic E-state index is 6.08. The Bertz CT molecular complexity index is 3210. The number of nitrogens with zero attached hydrogens (tertiary/aromatic N) is 2. The van der Waals surface area contributed by atoms with Crippen molar-refractivity contribution in [2.45, 2.75) is 0 Å². The molecule has 0 atom stereocenters. The Morgan fingerprint density at radius 2 is 0.776 bits per heavy atom. The molecule has 3 nitrogen and oxygen atoms in total. The summed E-state index contributed by atoms with van der Waals surface area (Å²) in [4.78, 5) is 4.72. The first-order valence-electron chi connectivity index (χ1n) is 19.7. The maximum Gasteiger partial charge on any atom is 0.227 e. The predicted molar refractivity (Wildman–Crippen MR) is 241 cm³/mol. The summed E-state index contributed by atoms with van der Waals surface area (Å²) in [6, 6.07) is 77.9. The van der Waals surface area contributed by atoms with Crippen LogP contribution in [0.15, 0.2) is 223 Å². The van der Waals surface area contributed by atoms with Crippen LogP contribution < -0.4 is 0 Å². The molecular formula is C55H36N2O. The first kappa shape index (κ1) is 33.6. The van der Waals surface area contributed by atoms with Crippen LogP contribution in [0.1, 0.15) is 0 Å². The number of para-hydroxylation sites is 3. The van der Waals surface area contributed by atoms with Gasteiger partial charge in [0.1, 0.15) is 5.52 Å². The minimum Gasteiger partial charge on any atom is -0.436 e. The highest BCUT2D eigenvalue weighted by molar-refractivity contribution is 6.12. The molecular weight excluding hydrogens is 705 g/mol. The van der Waals surface area contributed by atoms with Crippen LogP contribution in [-0.4, -0.2) is 9.55 Å². The van der Waals surface area contributed by atoms with E-state index in [-0.39, 0.29) is 0 Å². The van der Waals surface area contributed by atoms with Gasteiger partial charge >= 0.3 is 0 Å². The van der Waals surface area contributed by atoms with Gasteiger partial charge in [0, 0.05) is 22.0 Å². The van der Waals surface area contributed by atoms with Gasteiger partial charge in [-0.2, -0.15) is 0 Å². The van der Waals surface area contributed by atoms with Gasteiger partial charge in [-0.05, 0) is 116 Å². The molecule has 11 aromatic rings. The van der Waals surface area contributed by atoms with Crippen molar-refractivity contribution in [3.05, 3.63) is 218 Å². The Morgan fingerprint density at radius 3 is 1.43 bits per heavy atom. The standard InChI is InChI=1S/C55H36N2O/c1-3-13-37(14-4-1)38-23-25-39(26-24-38)42-31-33-52-49(35-42)50-36-43(32-34-53(50)57(52)44-15-5-2-6-16-44)46-18-8-10-20-48(46)47-19-9-7-17-45(47)40-27-29-41(30-28-40)55-56-51-21-11-12-22-54(51)58-55/h1-36H. The molecule has 0 aliphatic carbocycles. The highest BCUT2D eigenvalue weighted by Gasteiger charge is 2.18. The molecule has 0 N–H and O–H groups in total. The lowest BCUT2D eigenvalue weighted by Crippen LogP contribution is -1.93. The number of rotatable bonds is 7. The smallest absolute Gasteiger partial charge is 0.227 e. The number of fused-ring (bicyclic) bond motifs is 4. The van der Waals surface area contributed by atoms with E-state index in [2.05, 4.69) is 199 Å². The van der Waals surface area contributed by atoms with E-state index >= 15 is 0 Å². The Labute approximate surface area is 336 Å². The molecule has 0 unspecified atom stereocenters. The molecule has 0 radical (unpaired) electrons. The SMILES string of the molecule is c1ccc(-c2ccc(-c3ccc4c(c3)c3cc(-c5ccccc5-c5ccccc5-c5ccc(-c6nc7ccccc7o6)cc5)ccc3n4-c3ccccc3)cc2)cc1. The third-order valence-electron chi connectivity index (χ3n) is 11.3. The Balaban J connectivity index is 1.02. The van der Waals surface area contributed by atoms with Crippen molar-refractivity contribution in [1.82, 2.24) is 9.55 Å². The fraction of sp³-hybridized carbons (Fsp3) is 0. The van der Waals surface area contributed by atoms with Crippen molar-refractivity contribution in [2.24, 2.45) is 0 Å². The lowest BCUT2D eigenvalue weighted by Gasteiger charge is -2.15. The van der Waals surface area contributed by atoms with Gasteiger partial charge in [-0.3, -0.25) is 0 Å². The summed E-state index contributed by atoms with van der Waals surface area (Å²) in [5.74, 6) is 0.628. The number of hydrogen-bond acceptors (Lipinski definition) is 2. The zero-order valence-corrected chi connectivity index (χ0v) is 31.6. The van der Waals surface area contributed by atoms with Crippen molar-refractivity contribution in [3.63, 3.8) is 0 Å². The number of hydrogen-bond donors (Lipinski definition) is 0. The van der Waals surface area contributed by atoms with Crippen LogP contribution in [0.25, 0.3) is 106 Å². The van der Waals surface area contributed by atoms with Crippen molar-refractivity contribution in [3.8, 4) is 72.8 Å². The van der Waals surface area contributed by atoms with Gasteiger partial charge in [0.2, 0.25) is 5.89 Å². The minimum atomic E-state index is 0.628. The molecule has 3 heteroatoms. The normalized spacial score (nSPS) is 11.4. The quantitative estimate of drug-likeness (QED) is 0.163. The summed E-state index contributed by atoms with van der Waals surface area (Å²) in [5, 5.41) is 2.44. The fourth-order valence-electron chi connectivity index (χ4n) is 8.44. The average molecular weight is 741 g/mol. The summed E-state index contributed by atoms with van der Waals surface area (Å²) in [7, 11) is 0. The van der Waals surface area contributed by atoms with Crippen LogP contribution in [0, 0.1) is 0 Å². The molecule has 272 valence electrons. The van der Waals surface area contributed by atoms with E-state index in [4.69, 9.17) is 9.40 Å². The van der Waals surface area contributed by atoms with E-state index in [1.165, 1.54) is 71.9 Å². The molecule has 0 aliphatic rings. The predicted octanol–water partition coefficient (Wildman–Crippen LogP) is 14.9. The van der Waals surface area contributed by atoms with Gasteiger partial charge in [-0.25, -0.2) is 4.98 Å². The van der Waals surface area contributed by atoms with E-state index in [0.717, 1.165) is 27.9 Å². The van der Waals surface area contributed by atoms with Gasteiger partial charge in [0.05, 0.1) is 11.0 Å². The van der Waals surface area contributed by atoms with E-state index in [9.17, 15) is 0 Å². The Morgan fingerprint density at radius 1 is 0.328 bits per heavy atom. The highest BCUT2D eigenvalue weighted by atomic mass is 16.3. The molecule has 0 saturated carbocycles. The molecule has 0 bridgehead atoms. The molecule has 9 aromatic carbocycles. The second kappa shape index (κ2) is 14.1. The molecule has 0 aliphatic heterocycles. The third kappa shape index (κ3) is 5.89. The van der Waals surface area contributed by atoms with Crippen LogP contribution in [0.3, 0.4) is 0 Å². The molecule has 0 spiro atoms. The Kier molecular flexibility index (Phi) is 8.15. The molecule has 0 saturated heterocycles. The summed E-state index contributed by atoms with van der Waals surface area (Å²) in [6.07, 6.45) is 0. The lowest BCUT2D eigenvalue weighted by molar-refractivity contribution is 0.620. The fourth-order valence-corrected chi connectivity index (χ4v) is 8.44. The van der Waals surface area contributed by atoms with E-state index in [1.54, 1.807) is 0 Å². The van der Waals surface area contributed by atoms with Gasteiger partial charge < -0.3 is 8.98 Å². The van der Waals surface area contributed by atoms with Crippen molar-refractivity contribution >= 4 is 32.9 Å². The van der Waals surface area contributed by atoms with Gasteiger partial charge in [-0.1, -0.05) is 158 Å². The van der Waals surface area contributed by atoms with Crippen LogP contribution in [0.2, 0.25) is 0 Å². The first-order valence-corrected chi connectivity index (χ1v) is 19.7. The second-order valence-corrected chi connectivity index (χ2v) is 14.7. The maximum atomic E-state index is 6.08. The van der Waals surface area contributed by atoms with E-state index in [0.29, 0.717) is 5.89 Å². The van der Waals surface area contributed by atoms with E-state index < -0.39 is 0 Å². The Hall–Kier alpha value is -7.75. The van der Waals surface area contributed by atoms with Crippen molar-refractivity contribution < 1.29 is 4.42 Å². The van der Waals surface area contributed by atoms with Gasteiger partial charge in [0.25, 0.3) is 0 Å². The molecule has 0 fully saturated rings. The molecule has 2 heterocycles. The van der Waals surface area contributed by atoms with Crippen molar-refractivity contribution in [2.75, 3.05) is 0 Å². The first-order chi connectivity index (χ1) is 28.7. The zero-order valence-electron chi connectivity index (χ0n) is 31.6. The van der Waals surface area contributed by atoms with Crippen LogP contribution in [0.5, 0.6) is 0 Å². The number of aromatic nitrogens is 2. The highest BCUT2D eigenvalue weighted by Crippen LogP contribution is 2.42. The zero-order chi connectivity index (χ0) is 38.4. The summed E-state index contributed by atoms with van der Waals surface area (Å²) in [6.45, 7) is 0. The number of benzene rings is 9. The average Bonchev–Trinajstić information content (AvgIpc) is 3.89. The monoisotopic (exact) mass is 740 g/mol. The third-order valence-corrected chi connectivity index (χ3v) is 11.3. The molecule has 0 amide bonds. The van der Waals surface area contributed by atoms with Crippen molar-refractivity contribution in [1.29, 1.82) is 0 Å². The molecule has 58 heavy (non-hydrogen) atoms. The largest absolute Gasteiger partial charge is 0.436 e.